The molecule has 1 fully saturated rings. The average molecular weight is 220 g/mol. The van der Waals surface area contributed by atoms with Crippen LogP contribution < -0.4 is 10.2 Å². The van der Waals surface area contributed by atoms with E-state index in [4.69, 9.17) is 5.11 Å². The number of piperazine rings is 1. The molecule has 0 aliphatic carbocycles. The van der Waals surface area contributed by atoms with E-state index in [1.165, 1.54) is 0 Å². The van der Waals surface area contributed by atoms with Gasteiger partial charge in [-0.1, -0.05) is 0 Å². The lowest BCUT2D eigenvalue weighted by Gasteiger charge is -2.36. The minimum Gasteiger partial charge on any atom is -0.481 e. The minimum atomic E-state index is -0.775. The molecule has 85 valence electrons. The maximum absolute atomic E-state index is 10.8. The standard InChI is InChI=1S/C11H14N3O2/c15-11(16)6-10-8-13-4-5-14(10)9-2-1-3-12-7-9/h1-3,10,13H,4-6,8H2,(H,15,16). The third-order valence-electron chi connectivity index (χ3n) is 2.66. The quantitative estimate of drug-likeness (QED) is 0.758. The van der Waals surface area contributed by atoms with Gasteiger partial charge in [0.15, 0.2) is 0 Å². The van der Waals surface area contributed by atoms with Gasteiger partial charge in [0.1, 0.15) is 6.20 Å². The number of carboxylic acids is 1. The molecule has 1 aromatic heterocycles. The first kappa shape index (κ1) is 10.9. The van der Waals surface area contributed by atoms with E-state index in [2.05, 4.69) is 21.4 Å². The summed E-state index contributed by atoms with van der Waals surface area (Å²) >= 11 is 0. The Kier molecular flexibility index (Phi) is 3.36. The van der Waals surface area contributed by atoms with Gasteiger partial charge in [0.05, 0.1) is 18.2 Å². The van der Waals surface area contributed by atoms with E-state index in [0.717, 1.165) is 18.8 Å². The lowest BCUT2D eigenvalue weighted by Crippen LogP contribution is -2.52. The Bertz CT molecular complexity index is 356. The lowest BCUT2D eigenvalue weighted by molar-refractivity contribution is -0.137. The number of aromatic nitrogens is 1. The van der Waals surface area contributed by atoms with Crippen molar-refractivity contribution in [1.29, 1.82) is 0 Å². The highest BCUT2D eigenvalue weighted by atomic mass is 16.4. The number of anilines is 1. The summed E-state index contributed by atoms with van der Waals surface area (Å²) in [6.45, 7) is 2.34. The van der Waals surface area contributed by atoms with Gasteiger partial charge in [-0.15, -0.1) is 0 Å². The van der Waals surface area contributed by atoms with Crippen molar-refractivity contribution in [1.82, 2.24) is 10.3 Å². The van der Waals surface area contributed by atoms with Crippen LogP contribution in [0.2, 0.25) is 0 Å². The van der Waals surface area contributed by atoms with Gasteiger partial charge in [0.2, 0.25) is 0 Å². The number of nitrogens with zero attached hydrogens (tertiary/aromatic N) is 2. The number of pyridine rings is 1. The fraction of sp³-hybridized carbons (Fsp3) is 0.455. The molecule has 1 aliphatic rings. The highest BCUT2D eigenvalue weighted by molar-refractivity contribution is 5.68. The Morgan fingerprint density at radius 1 is 1.75 bits per heavy atom. The van der Waals surface area contributed by atoms with Gasteiger partial charge in [-0.2, -0.15) is 0 Å². The number of rotatable bonds is 3. The highest BCUT2D eigenvalue weighted by Crippen LogP contribution is 2.17. The average Bonchev–Trinajstić information content (AvgIpc) is 2.30. The molecule has 2 N–H and O–H groups in total. The largest absolute Gasteiger partial charge is 0.481 e. The molecule has 2 heterocycles. The zero-order valence-corrected chi connectivity index (χ0v) is 8.89. The Hall–Kier alpha value is -1.62. The van der Waals surface area contributed by atoms with Crippen LogP contribution in [0.1, 0.15) is 6.42 Å². The molecule has 1 saturated heterocycles. The second kappa shape index (κ2) is 4.94. The van der Waals surface area contributed by atoms with Crippen LogP contribution in [0.25, 0.3) is 0 Å². The van der Waals surface area contributed by atoms with Crippen LogP contribution in [0.3, 0.4) is 0 Å². The van der Waals surface area contributed by atoms with Gasteiger partial charge in [-0.25, -0.2) is 0 Å². The summed E-state index contributed by atoms with van der Waals surface area (Å²) in [5.41, 5.74) is 0.871. The second-order valence-electron chi connectivity index (χ2n) is 3.78. The molecule has 0 amide bonds. The first-order valence-corrected chi connectivity index (χ1v) is 5.29. The van der Waals surface area contributed by atoms with Crippen LogP contribution in [0.5, 0.6) is 0 Å². The molecule has 16 heavy (non-hydrogen) atoms. The normalized spacial score (nSPS) is 20.8. The molecule has 0 aromatic carbocycles. The summed E-state index contributed by atoms with van der Waals surface area (Å²) in [7, 11) is 0. The van der Waals surface area contributed by atoms with Crippen molar-refractivity contribution < 1.29 is 9.90 Å². The van der Waals surface area contributed by atoms with Gasteiger partial charge in [-0.05, 0) is 12.1 Å². The van der Waals surface area contributed by atoms with Crippen molar-refractivity contribution in [2.45, 2.75) is 12.5 Å². The van der Waals surface area contributed by atoms with Gasteiger partial charge in [-0.3, -0.25) is 9.78 Å². The van der Waals surface area contributed by atoms with E-state index in [1.54, 1.807) is 6.20 Å². The third kappa shape index (κ3) is 2.49. The molecular formula is C11H14N3O2. The van der Waals surface area contributed by atoms with Crippen molar-refractivity contribution >= 4 is 11.7 Å². The van der Waals surface area contributed by atoms with E-state index >= 15 is 0 Å². The molecule has 5 nitrogen and oxygen atoms in total. The number of aliphatic carboxylic acids is 1. The smallest absolute Gasteiger partial charge is 0.305 e. The van der Waals surface area contributed by atoms with E-state index < -0.39 is 5.97 Å². The first-order valence-electron chi connectivity index (χ1n) is 5.29. The Morgan fingerprint density at radius 3 is 3.31 bits per heavy atom. The first-order chi connectivity index (χ1) is 7.77. The van der Waals surface area contributed by atoms with Gasteiger partial charge in [0.25, 0.3) is 0 Å². The molecule has 0 spiro atoms. The highest BCUT2D eigenvalue weighted by Gasteiger charge is 2.24. The lowest BCUT2D eigenvalue weighted by atomic mass is 10.1. The molecule has 1 atom stereocenters. The summed E-state index contributed by atoms with van der Waals surface area (Å²) < 4.78 is 0. The molecule has 1 radical (unpaired) electrons. The van der Waals surface area contributed by atoms with E-state index in [1.807, 2.05) is 12.1 Å². The molecule has 5 heteroatoms. The van der Waals surface area contributed by atoms with Crippen LogP contribution in [-0.4, -0.2) is 41.7 Å². The maximum Gasteiger partial charge on any atom is 0.305 e. The molecule has 1 unspecified atom stereocenters. The van der Waals surface area contributed by atoms with E-state index in [-0.39, 0.29) is 12.5 Å². The third-order valence-corrected chi connectivity index (χ3v) is 2.66. The zero-order chi connectivity index (χ0) is 11.4. The molecule has 0 saturated carbocycles. The predicted octanol–water partition coefficient (Wildman–Crippen LogP) is 0.135. The summed E-state index contributed by atoms with van der Waals surface area (Å²) in [5, 5.41) is 12.1. The monoisotopic (exact) mass is 220 g/mol. The van der Waals surface area contributed by atoms with Crippen LogP contribution in [-0.2, 0) is 4.79 Å². The number of carboxylic acid groups (broad SMARTS) is 1. The maximum atomic E-state index is 10.8. The van der Waals surface area contributed by atoms with Gasteiger partial charge >= 0.3 is 5.97 Å². The Balaban J connectivity index is 2.13. The molecule has 0 bridgehead atoms. The Morgan fingerprint density at radius 2 is 2.62 bits per heavy atom. The molecule has 1 aliphatic heterocycles. The van der Waals surface area contributed by atoms with Crippen molar-refractivity contribution in [2.24, 2.45) is 0 Å². The van der Waals surface area contributed by atoms with Crippen molar-refractivity contribution in [3.63, 3.8) is 0 Å². The molecule has 1 aromatic rings. The van der Waals surface area contributed by atoms with Crippen LogP contribution >= 0.6 is 0 Å². The molecule has 2 rings (SSSR count). The number of carbonyl (C=O) groups is 1. The van der Waals surface area contributed by atoms with Crippen molar-refractivity contribution in [3.05, 3.63) is 24.5 Å². The summed E-state index contributed by atoms with van der Waals surface area (Å²) in [4.78, 5) is 16.8. The van der Waals surface area contributed by atoms with Crippen LogP contribution in [0.4, 0.5) is 5.69 Å². The second-order valence-corrected chi connectivity index (χ2v) is 3.78. The summed E-state index contributed by atoms with van der Waals surface area (Å²) in [6.07, 6.45) is 4.70. The summed E-state index contributed by atoms with van der Waals surface area (Å²) in [6, 6.07) is 3.73. The van der Waals surface area contributed by atoms with E-state index in [9.17, 15) is 4.79 Å². The van der Waals surface area contributed by atoms with Crippen LogP contribution in [0, 0.1) is 6.20 Å². The van der Waals surface area contributed by atoms with Gasteiger partial charge < -0.3 is 15.3 Å². The topological polar surface area (TPSA) is 65.5 Å². The number of hydrogen-bond donors (Lipinski definition) is 2. The minimum absolute atomic E-state index is 0.0216. The predicted molar refractivity (Wildman–Crippen MR) is 59.3 cm³/mol. The fourth-order valence-corrected chi connectivity index (χ4v) is 1.94. The van der Waals surface area contributed by atoms with Gasteiger partial charge in [0, 0.05) is 25.8 Å². The Labute approximate surface area is 94.1 Å². The van der Waals surface area contributed by atoms with Crippen molar-refractivity contribution in [2.75, 3.05) is 24.5 Å². The van der Waals surface area contributed by atoms with E-state index in [0.29, 0.717) is 6.54 Å². The zero-order valence-electron chi connectivity index (χ0n) is 8.89. The molecular weight excluding hydrogens is 206 g/mol. The summed E-state index contributed by atoms with van der Waals surface area (Å²) in [5.74, 6) is -0.775. The number of hydrogen-bond acceptors (Lipinski definition) is 4. The van der Waals surface area contributed by atoms with Crippen LogP contribution in [0.15, 0.2) is 18.3 Å². The SMILES string of the molecule is O=C(O)CC1CNCCN1c1[c]nccc1. The fourth-order valence-electron chi connectivity index (χ4n) is 1.94. The number of nitrogens with one attached hydrogen (secondary N) is 1. The van der Waals surface area contributed by atoms with Crippen molar-refractivity contribution in [3.8, 4) is 0 Å².